The van der Waals surface area contributed by atoms with E-state index >= 15 is 0 Å². The maximum absolute atomic E-state index is 5.89. The maximum atomic E-state index is 5.89. The van der Waals surface area contributed by atoms with Gasteiger partial charge in [0, 0.05) is 24.0 Å². The standard InChI is InChI=1S/C22H25N3O3S/c1-26-19-12-11-17(14-20(19)27-2)25-21(16-8-4-3-5-9-16)23-24-22(25)29-15-18-10-6-7-13-28-18/h3-5,8-9,11-12,14,18H,6-7,10,13,15H2,1-2H3/t18-/m0/s1. The van der Waals surface area contributed by atoms with E-state index in [0.29, 0.717) is 11.5 Å². The van der Waals surface area contributed by atoms with Crippen LogP contribution in [0, 0.1) is 0 Å². The summed E-state index contributed by atoms with van der Waals surface area (Å²) in [4.78, 5) is 0. The molecule has 0 unspecified atom stereocenters. The molecular formula is C22H25N3O3S. The van der Waals surface area contributed by atoms with Gasteiger partial charge in [0.05, 0.1) is 26.0 Å². The van der Waals surface area contributed by atoms with E-state index in [1.165, 1.54) is 6.42 Å². The van der Waals surface area contributed by atoms with Crippen LogP contribution in [0.25, 0.3) is 17.1 Å². The quantitative estimate of drug-likeness (QED) is 0.529. The molecule has 0 bridgehead atoms. The van der Waals surface area contributed by atoms with Crippen molar-refractivity contribution in [2.75, 3.05) is 26.6 Å². The molecule has 152 valence electrons. The zero-order valence-corrected chi connectivity index (χ0v) is 17.5. The zero-order valence-electron chi connectivity index (χ0n) is 16.7. The number of aromatic nitrogens is 3. The van der Waals surface area contributed by atoms with Crippen molar-refractivity contribution in [3.8, 4) is 28.6 Å². The Bertz CT molecular complexity index is 940. The Labute approximate surface area is 175 Å². The van der Waals surface area contributed by atoms with Crippen LogP contribution in [-0.4, -0.2) is 47.4 Å². The first kappa shape index (κ1) is 19.8. The van der Waals surface area contributed by atoms with Crippen LogP contribution in [0.1, 0.15) is 19.3 Å². The van der Waals surface area contributed by atoms with Gasteiger partial charge in [-0.2, -0.15) is 0 Å². The summed E-state index contributed by atoms with van der Waals surface area (Å²) >= 11 is 1.68. The van der Waals surface area contributed by atoms with Crippen LogP contribution in [-0.2, 0) is 4.74 Å². The lowest BCUT2D eigenvalue weighted by atomic mass is 10.1. The van der Waals surface area contributed by atoms with Crippen LogP contribution in [0.2, 0.25) is 0 Å². The zero-order chi connectivity index (χ0) is 20.1. The van der Waals surface area contributed by atoms with E-state index in [0.717, 1.165) is 47.4 Å². The molecule has 0 spiro atoms. The largest absolute Gasteiger partial charge is 0.493 e. The first-order chi connectivity index (χ1) is 14.3. The summed E-state index contributed by atoms with van der Waals surface area (Å²) in [5.41, 5.74) is 1.94. The molecule has 0 saturated carbocycles. The highest BCUT2D eigenvalue weighted by atomic mass is 32.2. The Balaban J connectivity index is 1.71. The predicted molar refractivity (Wildman–Crippen MR) is 114 cm³/mol. The molecule has 1 atom stereocenters. The molecule has 1 aliphatic rings. The molecule has 1 fully saturated rings. The minimum absolute atomic E-state index is 0.268. The fraction of sp³-hybridized carbons (Fsp3) is 0.364. The van der Waals surface area contributed by atoms with Crippen molar-refractivity contribution in [2.45, 2.75) is 30.5 Å². The number of rotatable bonds is 7. The summed E-state index contributed by atoms with van der Waals surface area (Å²) in [6.07, 6.45) is 3.75. The number of ether oxygens (including phenoxy) is 3. The summed E-state index contributed by atoms with van der Waals surface area (Å²) in [5, 5.41) is 9.84. The molecule has 0 amide bonds. The van der Waals surface area contributed by atoms with Crippen LogP contribution < -0.4 is 9.47 Å². The van der Waals surface area contributed by atoms with Gasteiger partial charge >= 0.3 is 0 Å². The Morgan fingerprint density at radius 2 is 1.86 bits per heavy atom. The molecule has 2 heterocycles. The lowest BCUT2D eigenvalue weighted by Gasteiger charge is -2.22. The van der Waals surface area contributed by atoms with E-state index in [9.17, 15) is 0 Å². The number of methoxy groups -OCH3 is 2. The highest BCUT2D eigenvalue weighted by molar-refractivity contribution is 7.99. The van der Waals surface area contributed by atoms with Crippen molar-refractivity contribution < 1.29 is 14.2 Å². The van der Waals surface area contributed by atoms with Gasteiger partial charge in [0.15, 0.2) is 22.5 Å². The van der Waals surface area contributed by atoms with E-state index in [4.69, 9.17) is 14.2 Å². The number of hydrogen-bond acceptors (Lipinski definition) is 6. The minimum Gasteiger partial charge on any atom is -0.493 e. The molecule has 1 aliphatic heterocycles. The van der Waals surface area contributed by atoms with Crippen LogP contribution in [0.5, 0.6) is 11.5 Å². The van der Waals surface area contributed by atoms with E-state index in [-0.39, 0.29) is 6.10 Å². The van der Waals surface area contributed by atoms with Gasteiger partial charge in [-0.1, -0.05) is 42.1 Å². The second-order valence-corrected chi connectivity index (χ2v) is 7.83. The molecule has 0 radical (unpaired) electrons. The molecule has 6 nitrogen and oxygen atoms in total. The second kappa shape index (κ2) is 9.33. The van der Waals surface area contributed by atoms with E-state index in [2.05, 4.69) is 14.8 Å². The molecule has 4 rings (SSSR count). The highest BCUT2D eigenvalue weighted by Gasteiger charge is 2.20. The Kier molecular flexibility index (Phi) is 6.36. The molecule has 1 saturated heterocycles. The van der Waals surface area contributed by atoms with E-state index in [1.807, 2.05) is 48.5 Å². The number of benzene rings is 2. The van der Waals surface area contributed by atoms with Gasteiger partial charge in [0.2, 0.25) is 0 Å². The van der Waals surface area contributed by atoms with Crippen LogP contribution >= 0.6 is 11.8 Å². The Morgan fingerprint density at radius 3 is 2.59 bits per heavy atom. The predicted octanol–water partition coefficient (Wildman–Crippen LogP) is 4.61. The molecule has 1 aromatic heterocycles. The number of thioether (sulfide) groups is 1. The van der Waals surface area contributed by atoms with Gasteiger partial charge in [-0.3, -0.25) is 4.57 Å². The number of hydrogen-bond donors (Lipinski definition) is 0. The smallest absolute Gasteiger partial charge is 0.196 e. The van der Waals surface area contributed by atoms with Gasteiger partial charge in [-0.25, -0.2) is 0 Å². The normalized spacial score (nSPS) is 16.6. The topological polar surface area (TPSA) is 58.4 Å². The molecule has 3 aromatic rings. The third kappa shape index (κ3) is 4.41. The highest BCUT2D eigenvalue weighted by Crippen LogP contribution is 2.34. The van der Waals surface area contributed by atoms with E-state index in [1.54, 1.807) is 26.0 Å². The monoisotopic (exact) mass is 411 g/mol. The summed E-state index contributed by atoms with van der Waals surface area (Å²) < 4.78 is 18.9. The van der Waals surface area contributed by atoms with Crippen molar-refractivity contribution in [2.24, 2.45) is 0 Å². The maximum Gasteiger partial charge on any atom is 0.196 e. The van der Waals surface area contributed by atoms with Crippen molar-refractivity contribution >= 4 is 11.8 Å². The van der Waals surface area contributed by atoms with Gasteiger partial charge < -0.3 is 14.2 Å². The first-order valence-electron chi connectivity index (χ1n) is 9.78. The van der Waals surface area contributed by atoms with Crippen LogP contribution in [0.3, 0.4) is 0 Å². The Morgan fingerprint density at radius 1 is 1.03 bits per heavy atom. The van der Waals surface area contributed by atoms with Crippen molar-refractivity contribution in [3.05, 3.63) is 48.5 Å². The van der Waals surface area contributed by atoms with Crippen LogP contribution in [0.4, 0.5) is 0 Å². The molecule has 29 heavy (non-hydrogen) atoms. The molecule has 0 N–H and O–H groups in total. The average Bonchev–Trinajstić information content (AvgIpc) is 3.22. The number of nitrogens with zero attached hydrogens (tertiary/aromatic N) is 3. The summed E-state index contributed by atoms with van der Waals surface area (Å²) in [5.74, 6) is 3.02. The fourth-order valence-electron chi connectivity index (χ4n) is 3.44. The summed E-state index contributed by atoms with van der Waals surface area (Å²) in [7, 11) is 3.28. The van der Waals surface area contributed by atoms with Gasteiger partial charge in [0.1, 0.15) is 0 Å². The summed E-state index contributed by atoms with van der Waals surface area (Å²) in [6, 6.07) is 15.9. The molecular weight excluding hydrogens is 386 g/mol. The minimum atomic E-state index is 0.268. The lowest BCUT2D eigenvalue weighted by Crippen LogP contribution is -2.21. The lowest BCUT2D eigenvalue weighted by molar-refractivity contribution is 0.0315. The summed E-state index contributed by atoms with van der Waals surface area (Å²) in [6.45, 7) is 0.850. The third-order valence-corrected chi connectivity index (χ3v) is 6.02. The fourth-order valence-corrected chi connectivity index (χ4v) is 4.46. The second-order valence-electron chi connectivity index (χ2n) is 6.85. The van der Waals surface area contributed by atoms with Gasteiger partial charge in [-0.15, -0.1) is 10.2 Å². The van der Waals surface area contributed by atoms with Crippen molar-refractivity contribution in [1.29, 1.82) is 0 Å². The average molecular weight is 412 g/mol. The third-order valence-electron chi connectivity index (χ3n) is 4.96. The molecule has 2 aromatic carbocycles. The molecule has 7 heteroatoms. The van der Waals surface area contributed by atoms with Gasteiger partial charge in [-0.05, 0) is 31.4 Å². The van der Waals surface area contributed by atoms with Crippen molar-refractivity contribution in [3.63, 3.8) is 0 Å². The van der Waals surface area contributed by atoms with E-state index < -0.39 is 0 Å². The van der Waals surface area contributed by atoms with Crippen LogP contribution in [0.15, 0.2) is 53.7 Å². The first-order valence-corrected chi connectivity index (χ1v) is 10.8. The molecule has 0 aliphatic carbocycles. The van der Waals surface area contributed by atoms with Crippen molar-refractivity contribution in [1.82, 2.24) is 14.8 Å². The Hall–Kier alpha value is -2.51. The van der Waals surface area contributed by atoms with Gasteiger partial charge in [0.25, 0.3) is 0 Å². The SMILES string of the molecule is COc1ccc(-n2c(SC[C@@H]3CCCCO3)nnc2-c2ccccc2)cc1OC.